The summed E-state index contributed by atoms with van der Waals surface area (Å²) in [7, 11) is 1.50. The number of ketones is 1. The zero-order valence-corrected chi connectivity index (χ0v) is 14.1. The van der Waals surface area contributed by atoms with Crippen LogP contribution in [-0.4, -0.2) is 24.7 Å². The number of imide groups is 1. The number of carbonyl (C=O) groups excluding carboxylic acids is 3. The fourth-order valence-electron chi connectivity index (χ4n) is 5.28. The zero-order valence-electron chi connectivity index (χ0n) is 14.1. The third kappa shape index (κ3) is 1.81. The average molecular weight is 337 g/mol. The van der Waals surface area contributed by atoms with E-state index in [1.165, 1.54) is 18.9 Å². The third-order valence-corrected chi connectivity index (χ3v) is 6.49. The van der Waals surface area contributed by atoms with Crippen LogP contribution in [0.5, 0.6) is 5.75 Å². The Morgan fingerprint density at radius 3 is 2.20 bits per heavy atom. The van der Waals surface area contributed by atoms with Crippen molar-refractivity contribution in [3.63, 3.8) is 0 Å². The molecule has 0 aromatic heterocycles. The summed E-state index contributed by atoms with van der Waals surface area (Å²) in [6, 6.07) is 4.91. The Bertz CT molecular complexity index is 821. The number of amides is 2. The molecule has 0 spiro atoms. The average Bonchev–Trinajstić information content (AvgIpc) is 3.39. The molecule has 25 heavy (non-hydrogen) atoms. The molecule has 1 aliphatic heterocycles. The highest BCUT2D eigenvalue weighted by Gasteiger charge is 2.67. The van der Waals surface area contributed by atoms with Gasteiger partial charge >= 0.3 is 0 Å². The number of carbonyl (C=O) groups is 3. The van der Waals surface area contributed by atoms with E-state index in [2.05, 4.69) is 12.2 Å². The van der Waals surface area contributed by atoms with Crippen LogP contribution in [0.1, 0.15) is 23.7 Å². The number of allylic oxidation sites excluding steroid dienone is 2. The standard InChI is InChI=1S/C20H19NO4/c1-9(22)10-3-6-16(25-2)15(7-10)21-19(23)17-11-4-5-12(14-8-13(11)14)18(17)20(21)24/h3-7,11-14,17-18H,8H2,1-2H3/t11-,12-,13-,14+,17-,18-/m1/s1. The van der Waals surface area contributed by atoms with Crippen molar-refractivity contribution in [1.82, 2.24) is 0 Å². The molecule has 4 aliphatic carbocycles. The van der Waals surface area contributed by atoms with Gasteiger partial charge in [-0.25, -0.2) is 4.90 Å². The molecule has 5 heteroatoms. The minimum absolute atomic E-state index is 0.108. The van der Waals surface area contributed by atoms with Crippen LogP contribution in [0, 0.1) is 35.5 Å². The third-order valence-electron chi connectivity index (χ3n) is 6.49. The van der Waals surface area contributed by atoms with E-state index >= 15 is 0 Å². The number of hydrogen-bond acceptors (Lipinski definition) is 4. The van der Waals surface area contributed by atoms with Crippen molar-refractivity contribution in [3.8, 4) is 5.75 Å². The second-order valence-corrected chi connectivity index (χ2v) is 7.61. The van der Waals surface area contributed by atoms with Crippen LogP contribution in [0.3, 0.4) is 0 Å². The highest BCUT2D eigenvalue weighted by Crippen LogP contribution is 2.65. The molecule has 1 saturated heterocycles. The second-order valence-electron chi connectivity index (χ2n) is 7.61. The van der Waals surface area contributed by atoms with Gasteiger partial charge in [0, 0.05) is 5.56 Å². The Morgan fingerprint density at radius 1 is 1.08 bits per heavy atom. The van der Waals surface area contributed by atoms with Crippen LogP contribution in [-0.2, 0) is 9.59 Å². The minimum Gasteiger partial charge on any atom is -0.495 e. The van der Waals surface area contributed by atoms with Crippen LogP contribution in [0.25, 0.3) is 0 Å². The number of rotatable bonds is 3. The van der Waals surface area contributed by atoms with E-state index < -0.39 is 0 Å². The predicted octanol–water partition coefficient (Wildman–Crippen LogP) is 2.46. The predicted molar refractivity (Wildman–Crippen MR) is 90.2 cm³/mol. The minimum atomic E-state index is -0.253. The molecule has 2 amide bonds. The Kier molecular flexibility index (Phi) is 2.86. The van der Waals surface area contributed by atoms with Crippen molar-refractivity contribution < 1.29 is 19.1 Å². The molecular weight excluding hydrogens is 318 g/mol. The molecule has 1 heterocycles. The number of anilines is 1. The maximum atomic E-state index is 13.2. The lowest BCUT2D eigenvalue weighted by Gasteiger charge is -2.37. The maximum absolute atomic E-state index is 13.2. The molecule has 1 aromatic rings. The first-order valence-corrected chi connectivity index (χ1v) is 8.78. The Hall–Kier alpha value is -2.43. The molecule has 5 nitrogen and oxygen atoms in total. The first-order valence-electron chi connectivity index (χ1n) is 8.78. The number of Topliss-reactive ketones (excluding diaryl/α,β-unsaturated/α-hetero) is 1. The maximum Gasteiger partial charge on any atom is 0.238 e. The van der Waals surface area contributed by atoms with Gasteiger partial charge in [0.2, 0.25) is 11.8 Å². The van der Waals surface area contributed by atoms with Crippen molar-refractivity contribution in [1.29, 1.82) is 0 Å². The second kappa shape index (κ2) is 4.81. The highest BCUT2D eigenvalue weighted by atomic mass is 16.5. The molecule has 3 fully saturated rings. The van der Waals surface area contributed by atoms with Gasteiger partial charge in [-0.05, 0) is 55.2 Å². The van der Waals surface area contributed by atoms with E-state index in [0.717, 1.165) is 6.42 Å². The van der Waals surface area contributed by atoms with E-state index in [-0.39, 0.29) is 41.3 Å². The highest BCUT2D eigenvalue weighted by molar-refractivity contribution is 6.23. The van der Waals surface area contributed by atoms with Crippen molar-refractivity contribution in [3.05, 3.63) is 35.9 Å². The van der Waals surface area contributed by atoms with Gasteiger partial charge < -0.3 is 4.74 Å². The van der Waals surface area contributed by atoms with Crippen LogP contribution in [0.15, 0.2) is 30.4 Å². The van der Waals surface area contributed by atoms with Crippen LogP contribution >= 0.6 is 0 Å². The van der Waals surface area contributed by atoms with Gasteiger partial charge in [0.05, 0.1) is 24.6 Å². The smallest absolute Gasteiger partial charge is 0.238 e. The largest absolute Gasteiger partial charge is 0.495 e. The summed E-state index contributed by atoms with van der Waals surface area (Å²) in [5.41, 5.74) is 0.864. The molecule has 0 unspecified atom stereocenters. The van der Waals surface area contributed by atoms with Gasteiger partial charge in [-0.2, -0.15) is 0 Å². The summed E-state index contributed by atoms with van der Waals surface area (Å²) in [6.45, 7) is 1.47. The molecular formula is C20H19NO4. The molecule has 2 bridgehead atoms. The van der Waals surface area contributed by atoms with Gasteiger partial charge in [-0.3, -0.25) is 14.4 Å². The number of ether oxygens (including phenoxy) is 1. The normalized spacial score (nSPS) is 37.1. The van der Waals surface area contributed by atoms with E-state index in [0.29, 0.717) is 28.8 Å². The van der Waals surface area contributed by atoms with Gasteiger partial charge in [0.1, 0.15) is 5.75 Å². The summed E-state index contributed by atoms with van der Waals surface area (Å²) in [5.74, 6) is 1.05. The molecule has 5 aliphatic rings. The van der Waals surface area contributed by atoms with Crippen LogP contribution < -0.4 is 9.64 Å². The summed E-state index contributed by atoms with van der Waals surface area (Å²) in [4.78, 5) is 39.4. The molecule has 6 rings (SSSR count). The first kappa shape index (κ1) is 14.9. The number of benzene rings is 1. The number of nitrogens with zero attached hydrogens (tertiary/aromatic N) is 1. The van der Waals surface area contributed by atoms with Crippen molar-refractivity contribution in [2.45, 2.75) is 13.3 Å². The van der Waals surface area contributed by atoms with Gasteiger partial charge in [-0.1, -0.05) is 12.2 Å². The van der Waals surface area contributed by atoms with Gasteiger partial charge in [0.25, 0.3) is 0 Å². The monoisotopic (exact) mass is 337 g/mol. The molecule has 6 atom stereocenters. The summed E-state index contributed by atoms with van der Waals surface area (Å²) >= 11 is 0. The summed E-state index contributed by atoms with van der Waals surface area (Å²) in [5, 5.41) is 0. The SMILES string of the molecule is COc1ccc(C(C)=O)cc1N1C(=O)[C@@H]2[C@@H]3C=C[C@H]([C@@H]4C[C@H]34)[C@H]2C1=O. The van der Waals surface area contributed by atoms with E-state index in [1.807, 2.05) is 0 Å². The zero-order chi connectivity index (χ0) is 17.5. The Morgan fingerprint density at radius 2 is 1.68 bits per heavy atom. The lowest BCUT2D eigenvalue weighted by Crippen LogP contribution is -2.40. The fraction of sp³-hybridized carbons (Fsp3) is 0.450. The quantitative estimate of drug-likeness (QED) is 0.483. The van der Waals surface area contributed by atoms with E-state index in [9.17, 15) is 14.4 Å². The Labute approximate surface area is 145 Å². The molecule has 2 saturated carbocycles. The van der Waals surface area contributed by atoms with Crippen molar-refractivity contribution >= 4 is 23.3 Å². The molecule has 1 aromatic carbocycles. The first-order chi connectivity index (χ1) is 12.0. The summed E-state index contributed by atoms with van der Waals surface area (Å²) in [6.07, 6.45) is 5.44. The Balaban J connectivity index is 1.60. The number of hydrogen-bond donors (Lipinski definition) is 0. The molecule has 0 N–H and O–H groups in total. The van der Waals surface area contributed by atoms with Crippen molar-refractivity contribution in [2.75, 3.05) is 12.0 Å². The topological polar surface area (TPSA) is 63.7 Å². The van der Waals surface area contributed by atoms with Gasteiger partial charge in [-0.15, -0.1) is 0 Å². The lowest BCUT2D eigenvalue weighted by atomic mass is 9.63. The van der Waals surface area contributed by atoms with Crippen molar-refractivity contribution in [2.24, 2.45) is 35.5 Å². The van der Waals surface area contributed by atoms with Crippen LogP contribution in [0.4, 0.5) is 5.69 Å². The summed E-state index contributed by atoms with van der Waals surface area (Å²) < 4.78 is 5.37. The van der Waals surface area contributed by atoms with Gasteiger partial charge in [0.15, 0.2) is 5.78 Å². The van der Waals surface area contributed by atoms with Crippen LogP contribution in [0.2, 0.25) is 0 Å². The fourth-order valence-corrected chi connectivity index (χ4v) is 5.28. The van der Waals surface area contributed by atoms with E-state index in [4.69, 9.17) is 4.74 Å². The van der Waals surface area contributed by atoms with E-state index in [1.54, 1.807) is 18.2 Å². The number of methoxy groups -OCH3 is 1. The lowest BCUT2D eigenvalue weighted by molar-refractivity contribution is -0.124. The molecule has 0 radical (unpaired) electrons. The molecule has 128 valence electrons.